The van der Waals surface area contributed by atoms with Crippen molar-refractivity contribution in [2.45, 2.75) is 4.90 Å². The lowest BCUT2D eigenvalue weighted by Crippen LogP contribution is -2.00. The molecule has 0 saturated heterocycles. The predicted octanol–water partition coefficient (Wildman–Crippen LogP) is 1.37. The summed E-state index contributed by atoms with van der Waals surface area (Å²) in [7, 11) is -4.33. The molecule has 0 bridgehead atoms. The summed E-state index contributed by atoms with van der Waals surface area (Å²) in [6.07, 6.45) is 0. The summed E-state index contributed by atoms with van der Waals surface area (Å²) < 4.78 is 31.2. The van der Waals surface area contributed by atoms with Crippen molar-refractivity contribution in [3.63, 3.8) is 0 Å². The zero-order valence-corrected chi connectivity index (χ0v) is 8.90. The Labute approximate surface area is 91.9 Å². The standard InChI is InChI=1S/C10H9NO4S/c11-9-3-4-10(16(13,14)15)8-5-6(12)1-2-7(8)9/h1-5,12H,11H2,(H,13,14,15). The minimum atomic E-state index is -4.33. The number of hydrogen-bond acceptors (Lipinski definition) is 4. The van der Waals surface area contributed by atoms with E-state index in [1.54, 1.807) is 0 Å². The third kappa shape index (κ3) is 1.68. The van der Waals surface area contributed by atoms with E-state index < -0.39 is 10.1 Å². The SMILES string of the molecule is Nc1ccc(S(=O)(=O)O)c2cc(O)ccc12. The van der Waals surface area contributed by atoms with Crippen molar-refractivity contribution in [3.05, 3.63) is 30.3 Å². The molecule has 5 nitrogen and oxygen atoms in total. The van der Waals surface area contributed by atoms with E-state index in [-0.39, 0.29) is 16.0 Å². The molecule has 0 amide bonds. The van der Waals surface area contributed by atoms with Crippen LogP contribution in [-0.4, -0.2) is 18.1 Å². The molecular weight excluding hydrogens is 230 g/mol. The van der Waals surface area contributed by atoms with Crippen LogP contribution in [0.1, 0.15) is 0 Å². The average molecular weight is 239 g/mol. The van der Waals surface area contributed by atoms with Crippen molar-refractivity contribution in [1.29, 1.82) is 0 Å². The molecule has 16 heavy (non-hydrogen) atoms. The monoisotopic (exact) mass is 239 g/mol. The first-order valence-corrected chi connectivity index (χ1v) is 5.82. The van der Waals surface area contributed by atoms with Gasteiger partial charge in [0.1, 0.15) is 10.6 Å². The van der Waals surface area contributed by atoms with Crippen LogP contribution in [0.15, 0.2) is 35.2 Å². The third-order valence-electron chi connectivity index (χ3n) is 2.27. The minimum Gasteiger partial charge on any atom is -0.508 e. The van der Waals surface area contributed by atoms with Gasteiger partial charge in [-0.25, -0.2) is 0 Å². The third-order valence-corrected chi connectivity index (χ3v) is 3.18. The molecule has 0 aromatic heterocycles. The first kappa shape index (κ1) is 10.7. The number of phenols is 1. The zero-order chi connectivity index (χ0) is 11.9. The summed E-state index contributed by atoms with van der Waals surface area (Å²) in [6.45, 7) is 0. The van der Waals surface area contributed by atoms with Crippen LogP contribution in [0, 0.1) is 0 Å². The van der Waals surface area contributed by atoms with Gasteiger partial charge in [-0.2, -0.15) is 8.42 Å². The van der Waals surface area contributed by atoms with Crippen LogP contribution in [0.25, 0.3) is 10.8 Å². The summed E-state index contributed by atoms with van der Waals surface area (Å²) in [5.74, 6) is -0.0944. The minimum absolute atomic E-state index is 0.0944. The van der Waals surface area contributed by atoms with Crippen molar-refractivity contribution >= 4 is 26.6 Å². The molecule has 0 atom stereocenters. The van der Waals surface area contributed by atoms with Crippen LogP contribution < -0.4 is 5.73 Å². The molecule has 0 aliphatic rings. The fourth-order valence-electron chi connectivity index (χ4n) is 1.56. The van der Waals surface area contributed by atoms with Crippen LogP contribution in [0.5, 0.6) is 5.75 Å². The smallest absolute Gasteiger partial charge is 0.295 e. The largest absolute Gasteiger partial charge is 0.508 e. The molecule has 0 fully saturated rings. The number of anilines is 1. The van der Waals surface area contributed by atoms with Gasteiger partial charge in [0.2, 0.25) is 0 Å². The fourth-order valence-corrected chi connectivity index (χ4v) is 2.24. The van der Waals surface area contributed by atoms with Crippen molar-refractivity contribution in [2.75, 3.05) is 5.73 Å². The number of fused-ring (bicyclic) bond motifs is 1. The van der Waals surface area contributed by atoms with E-state index >= 15 is 0 Å². The van der Waals surface area contributed by atoms with E-state index in [1.165, 1.54) is 30.3 Å². The number of phenolic OH excluding ortho intramolecular Hbond substituents is 1. The zero-order valence-electron chi connectivity index (χ0n) is 8.08. The Morgan fingerprint density at radius 3 is 2.38 bits per heavy atom. The van der Waals surface area contributed by atoms with Crippen LogP contribution in [0.2, 0.25) is 0 Å². The van der Waals surface area contributed by atoms with Gasteiger partial charge < -0.3 is 10.8 Å². The van der Waals surface area contributed by atoms with Gasteiger partial charge >= 0.3 is 0 Å². The Bertz CT molecular complexity index is 664. The van der Waals surface area contributed by atoms with Gasteiger partial charge in [0, 0.05) is 16.5 Å². The molecule has 4 N–H and O–H groups in total. The van der Waals surface area contributed by atoms with E-state index in [0.717, 1.165) is 0 Å². The highest BCUT2D eigenvalue weighted by Gasteiger charge is 2.15. The number of nitrogens with two attached hydrogens (primary N) is 1. The number of rotatable bonds is 1. The first-order valence-electron chi connectivity index (χ1n) is 4.38. The maximum atomic E-state index is 11.1. The highest BCUT2D eigenvalue weighted by atomic mass is 32.2. The molecule has 0 heterocycles. The molecule has 0 spiro atoms. The summed E-state index contributed by atoms with van der Waals surface area (Å²) in [5.41, 5.74) is 6.04. The summed E-state index contributed by atoms with van der Waals surface area (Å²) in [4.78, 5) is -0.271. The van der Waals surface area contributed by atoms with Gasteiger partial charge in [0.25, 0.3) is 10.1 Å². The lowest BCUT2D eigenvalue weighted by Gasteiger charge is -2.06. The van der Waals surface area contributed by atoms with Gasteiger partial charge in [-0.15, -0.1) is 0 Å². The molecule has 0 saturated carbocycles. The highest BCUT2D eigenvalue weighted by molar-refractivity contribution is 7.86. The quantitative estimate of drug-likeness (QED) is 0.515. The van der Waals surface area contributed by atoms with Gasteiger partial charge in [-0.1, -0.05) is 0 Å². The van der Waals surface area contributed by atoms with E-state index in [2.05, 4.69) is 0 Å². The highest BCUT2D eigenvalue weighted by Crippen LogP contribution is 2.30. The molecule has 0 unspecified atom stereocenters. The Morgan fingerprint density at radius 2 is 1.75 bits per heavy atom. The van der Waals surface area contributed by atoms with Gasteiger partial charge in [0.15, 0.2) is 0 Å². The molecule has 84 valence electrons. The summed E-state index contributed by atoms with van der Waals surface area (Å²) >= 11 is 0. The molecule has 0 aliphatic heterocycles. The maximum absolute atomic E-state index is 11.1. The second-order valence-corrected chi connectivity index (χ2v) is 4.75. The van der Waals surface area contributed by atoms with Crippen LogP contribution >= 0.6 is 0 Å². The molecule has 0 radical (unpaired) electrons. The topological polar surface area (TPSA) is 101 Å². The molecule has 6 heteroatoms. The van der Waals surface area contributed by atoms with E-state index in [1.807, 2.05) is 0 Å². The van der Waals surface area contributed by atoms with Gasteiger partial charge in [-0.05, 0) is 30.3 Å². The van der Waals surface area contributed by atoms with Crippen molar-refractivity contribution in [1.82, 2.24) is 0 Å². The Kier molecular flexibility index (Phi) is 2.25. The van der Waals surface area contributed by atoms with Crippen molar-refractivity contribution < 1.29 is 18.1 Å². The number of hydrogen-bond donors (Lipinski definition) is 3. The average Bonchev–Trinajstić information content (AvgIpc) is 2.15. The second kappa shape index (κ2) is 3.36. The summed E-state index contributed by atoms with van der Waals surface area (Å²) in [5, 5.41) is 9.96. The maximum Gasteiger partial charge on any atom is 0.295 e. The molecular formula is C10H9NO4S. The molecule has 0 aliphatic carbocycles. The molecule has 2 rings (SSSR count). The first-order chi connectivity index (χ1) is 7.39. The lowest BCUT2D eigenvalue weighted by molar-refractivity contribution is 0.476. The Hall–Kier alpha value is -1.79. The van der Waals surface area contributed by atoms with Crippen molar-refractivity contribution in [3.8, 4) is 5.75 Å². The van der Waals surface area contributed by atoms with E-state index in [9.17, 15) is 13.5 Å². The lowest BCUT2D eigenvalue weighted by atomic mass is 10.1. The summed E-state index contributed by atoms with van der Waals surface area (Å²) in [6, 6.07) is 6.73. The van der Waals surface area contributed by atoms with Gasteiger partial charge in [0.05, 0.1) is 0 Å². The molecule has 2 aromatic carbocycles. The Balaban J connectivity index is 2.98. The predicted molar refractivity (Wildman–Crippen MR) is 59.8 cm³/mol. The Morgan fingerprint density at radius 1 is 1.06 bits per heavy atom. The van der Waals surface area contributed by atoms with E-state index in [0.29, 0.717) is 11.1 Å². The normalized spacial score (nSPS) is 11.8. The van der Waals surface area contributed by atoms with E-state index in [4.69, 9.17) is 10.3 Å². The van der Waals surface area contributed by atoms with Crippen LogP contribution in [0.3, 0.4) is 0 Å². The second-order valence-electron chi connectivity index (χ2n) is 3.36. The number of benzene rings is 2. The van der Waals surface area contributed by atoms with Crippen molar-refractivity contribution in [2.24, 2.45) is 0 Å². The number of aromatic hydroxyl groups is 1. The van der Waals surface area contributed by atoms with Crippen LogP contribution in [-0.2, 0) is 10.1 Å². The fraction of sp³-hybridized carbons (Fsp3) is 0. The number of nitrogen functional groups attached to an aromatic ring is 1. The molecule has 2 aromatic rings. The van der Waals surface area contributed by atoms with Crippen LogP contribution in [0.4, 0.5) is 5.69 Å². The van der Waals surface area contributed by atoms with Gasteiger partial charge in [-0.3, -0.25) is 4.55 Å².